The Bertz CT molecular complexity index is 935. The Balaban J connectivity index is 1.61. The van der Waals surface area contributed by atoms with E-state index < -0.39 is 11.8 Å². The molecule has 0 aromatic heterocycles. The summed E-state index contributed by atoms with van der Waals surface area (Å²) in [5, 5.41) is 3.10. The molecule has 2 atom stereocenters. The van der Waals surface area contributed by atoms with Gasteiger partial charge in [0.2, 0.25) is 5.91 Å². The number of carbonyl (C=O) groups is 2. The van der Waals surface area contributed by atoms with Crippen LogP contribution in [0.5, 0.6) is 0 Å². The van der Waals surface area contributed by atoms with E-state index in [-0.39, 0.29) is 24.5 Å². The molecule has 164 valence electrons. The fourth-order valence-corrected chi connectivity index (χ4v) is 4.83. The van der Waals surface area contributed by atoms with E-state index in [1.807, 2.05) is 68.4 Å². The van der Waals surface area contributed by atoms with Gasteiger partial charge in [0.1, 0.15) is 11.8 Å². The summed E-state index contributed by atoms with van der Waals surface area (Å²) in [4.78, 5) is 28.8. The van der Waals surface area contributed by atoms with Crippen molar-refractivity contribution >= 4 is 11.8 Å². The second-order valence-electron chi connectivity index (χ2n) is 9.14. The highest BCUT2D eigenvalue weighted by Crippen LogP contribution is 2.43. The number of carbonyl (C=O) groups excluding carboxylic acids is 2. The molecule has 1 N–H and O–H groups in total. The number of hydrogen-bond donors (Lipinski definition) is 1. The van der Waals surface area contributed by atoms with Gasteiger partial charge in [-0.15, -0.1) is 0 Å². The highest BCUT2D eigenvalue weighted by molar-refractivity contribution is 5.98. The van der Waals surface area contributed by atoms with Crippen molar-refractivity contribution in [2.24, 2.45) is 5.92 Å². The lowest BCUT2D eigenvalue weighted by molar-refractivity contribution is -0.128. The molecule has 0 unspecified atom stereocenters. The van der Waals surface area contributed by atoms with Crippen LogP contribution in [0.15, 0.2) is 54.6 Å². The van der Waals surface area contributed by atoms with Crippen molar-refractivity contribution in [2.75, 3.05) is 6.61 Å². The summed E-state index contributed by atoms with van der Waals surface area (Å²) in [6.07, 6.45) is 3.52. The summed E-state index contributed by atoms with van der Waals surface area (Å²) in [6.45, 7) is 6.41. The van der Waals surface area contributed by atoms with Gasteiger partial charge in [0.25, 0.3) is 5.91 Å². The van der Waals surface area contributed by atoms with Crippen molar-refractivity contribution in [2.45, 2.75) is 64.3 Å². The van der Waals surface area contributed by atoms with Crippen molar-refractivity contribution in [1.82, 2.24) is 10.2 Å². The minimum atomic E-state index is -0.689. The molecule has 1 heterocycles. The van der Waals surface area contributed by atoms with E-state index in [9.17, 15) is 9.59 Å². The molecule has 1 saturated heterocycles. The molecule has 5 nitrogen and oxygen atoms in total. The number of rotatable bonds is 4. The van der Waals surface area contributed by atoms with Gasteiger partial charge in [0.05, 0.1) is 12.6 Å². The second-order valence-corrected chi connectivity index (χ2v) is 9.14. The molecular weight excluding hydrogens is 388 g/mol. The zero-order chi connectivity index (χ0) is 22.0. The van der Waals surface area contributed by atoms with E-state index in [4.69, 9.17) is 4.74 Å². The second kappa shape index (κ2) is 8.83. The quantitative estimate of drug-likeness (QED) is 0.785. The standard InChI is InChI=1S/C26H32N2O3/c1-18-12-14-26(15-13-18)28(25(30)22-11-7-8-19(2)16-22)23(17-31-26)24(29)27-20(3)21-9-5-4-6-10-21/h4-11,16,18,20,23H,12-15,17H2,1-3H3,(H,27,29)/t18?,20-,23-,26?/m1/s1. The van der Waals surface area contributed by atoms with Gasteiger partial charge in [-0.1, -0.05) is 55.0 Å². The van der Waals surface area contributed by atoms with Gasteiger partial charge in [-0.25, -0.2) is 0 Å². The minimum Gasteiger partial charge on any atom is -0.353 e. The maximum atomic E-state index is 13.7. The Morgan fingerprint density at radius 2 is 1.81 bits per heavy atom. The predicted molar refractivity (Wildman–Crippen MR) is 120 cm³/mol. The fraction of sp³-hybridized carbons (Fsp3) is 0.462. The van der Waals surface area contributed by atoms with Crippen molar-refractivity contribution in [3.63, 3.8) is 0 Å². The largest absolute Gasteiger partial charge is 0.353 e. The third kappa shape index (κ3) is 4.38. The summed E-state index contributed by atoms with van der Waals surface area (Å²) < 4.78 is 6.28. The molecule has 1 saturated carbocycles. The van der Waals surface area contributed by atoms with Crippen LogP contribution in [0.1, 0.15) is 67.1 Å². The lowest BCUT2D eigenvalue weighted by Gasteiger charge is -2.43. The lowest BCUT2D eigenvalue weighted by Crippen LogP contribution is -2.57. The van der Waals surface area contributed by atoms with Gasteiger partial charge >= 0.3 is 0 Å². The SMILES string of the molecule is Cc1cccc(C(=O)N2[C@@H](C(=O)N[C@H](C)c3ccccc3)COC23CCC(C)CC3)c1. The summed E-state index contributed by atoms with van der Waals surface area (Å²) in [5.74, 6) is 0.326. The van der Waals surface area contributed by atoms with Crippen LogP contribution in [0, 0.1) is 12.8 Å². The third-order valence-electron chi connectivity index (χ3n) is 6.76. The van der Waals surface area contributed by atoms with E-state index in [1.165, 1.54) is 0 Å². The lowest BCUT2D eigenvalue weighted by atomic mass is 9.83. The number of benzene rings is 2. The smallest absolute Gasteiger partial charge is 0.256 e. The Labute approximate surface area is 184 Å². The number of ether oxygens (including phenoxy) is 1. The molecule has 0 radical (unpaired) electrons. The first-order chi connectivity index (χ1) is 14.9. The monoisotopic (exact) mass is 420 g/mol. The maximum absolute atomic E-state index is 13.7. The molecular formula is C26H32N2O3. The van der Waals surface area contributed by atoms with Crippen LogP contribution in [0.4, 0.5) is 0 Å². The van der Waals surface area contributed by atoms with Crippen molar-refractivity contribution < 1.29 is 14.3 Å². The molecule has 1 spiro atoms. The molecule has 2 fully saturated rings. The molecule has 5 heteroatoms. The first-order valence-corrected chi connectivity index (χ1v) is 11.3. The van der Waals surface area contributed by atoms with Crippen molar-refractivity contribution in [1.29, 1.82) is 0 Å². The van der Waals surface area contributed by atoms with E-state index in [1.54, 1.807) is 4.90 Å². The van der Waals surface area contributed by atoms with Gasteiger partial charge in [0, 0.05) is 5.56 Å². The zero-order valence-corrected chi connectivity index (χ0v) is 18.6. The number of aryl methyl sites for hydroxylation is 1. The van der Waals surface area contributed by atoms with Crippen LogP contribution in [0.2, 0.25) is 0 Å². The summed E-state index contributed by atoms with van der Waals surface area (Å²) in [5.41, 5.74) is 1.98. The average molecular weight is 421 g/mol. The topological polar surface area (TPSA) is 58.6 Å². The van der Waals surface area contributed by atoms with Crippen LogP contribution >= 0.6 is 0 Å². The van der Waals surface area contributed by atoms with Crippen molar-refractivity contribution in [3.05, 3.63) is 71.3 Å². The maximum Gasteiger partial charge on any atom is 0.256 e. The molecule has 2 aliphatic rings. The normalized spacial score (nSPS) is 26.6. The first-order valence-electron chi connectivity index (χ1n) is 11.3. The van der Waals surface area contributed by atoms with Gasteiger partial charge in [0.15, 0.2) is 0 Å². The van der Waals surface area contributed by atoms with E-state index in [0.717, 1.165) is 36.8 Å². The predicted octanol–water partition coefficient (Wildman–Crippen LogP) is 4.62. The highest BCUT2D eigenvalue weighted by atomic mass is 16.5. The molecule has 1 aliphatic heterocycles. The summed E-state index contributed by atoms with van der Waals surface area (Å²) in [7, 11) is 0. The van der Waals surface area contributed by atoms with E-state index in [2.05, 4.69) is 12.2 Å². The number of nitrogens with one attached hydrogen (secondary N) is 1. The molecule has 4 rings (SSSR count). The van der Waals surface area contributed by atoms with Crippen LogP contribution in [0.3, 0.4) is 0 Å². The van der Waals surface area contributed by atoms with Crippen LogP contribution in [-0.4, -0.2) is 35.1 Å². The Hall–Kier alpha value is -2.66. The molecule has 1 aliphatic carbocycles. The molecule has 2 aromatic rings. The van der Waals surface area contributed by atoms with Crippen LogP contribution < -0.4 is 5.32 Å². The minimum absolute atomic E-state index is 0.122. The molecule has 2 amide bonds. The average Bonchev–Trinajstić information content (AvgIpc) is 3.15. The van der Waals surface area contributed by atoms with Gasteiger partial charge < -0.3 is 10.1 Å². The van der Waals surface area contributed by atoms with Gasteiger partial charge in [-0.3, -0.25) is 14.5 Å². The fourth-order valence-electron chi connectivity index (χ4n) is 4.83. The Morgan fingerprint density at radius 1 is 1.10 bits per heavy atom. The first kappa shape index (κ1) is 21.6. The number of hydrogen-bond acceptors (Lipinski definition) is 3. The zero-order valence-electron chi connectivity index (χ0n) is 18.6. The van der Waals surface area contributed by atoms with Crippen LogP contribution in [-0.2, 0) is 9.53 Å². The van der Waals surface area contributed by atoms with Crippen molar-refractivity contribution in [3.8, 4) is 0 Å². The molecule has 31 heavy (non-hydrogen) atoms. The number of amides is 2. The Morgan fingerprint density at radius 3 is 2.48 bits per heavy atom. The Kier molecular flexibility index (Phi) is 6.15. The van der Waals surface area contributed by atoms with E-state index >= 15 is 0 Å². The third-order valence-corrected chi connectivity index (χ3v) is 6.76. The van der Waals surface area contributed by atoms with E-state index in [0.29, 0.717) is 11.5 Å². The van der Waals surface area contributed by atoms with Crippen LogP contribution in [0.25, 0.3) is 0 Å². The number of nitrogens with zero attached hydrogens (tertiary/aromatic N) is 1. The highest BCUT2D eigenvalue weighted by Gasteiger charge is 2.53. The molecule has 0 bridgehead atoms. The van der Waals surface area contributed by atoms with Gasteiger partial charge in [-0.05, 0) is 63.1 Å². The molecule has 2 aromatic carbocycles. The summed E-state index contributed by atoms with van der Waals surface area (Å²) >= 11 is 0. The van der Waals surface area contributed by atoms with Gasteiger partial charge in [-0.2, -0.15) is 0 Å². The summed E-state index contributed by atoms with van der Waals surface area (Å²) in [6, 6.07) is 16.7.